The number of carboxylic acids is 1. The molecule has 0 aromatic rings. The summed E-state index contributed by atoms with van der Waals surface area (Å²) in [5, 5.41) is 22.2. The lowest BCUT2D eigenvalue weighted by molar-refractivity contribution is -0.250. The highest BCUT2D eigenvalue weighted by atomic mass is 16.5. The highest BCUT2D eigenvalue weighted by Crippen LogP contribution is 2.78. The van der Waals surface area contributed by atoms with E-state index in [4.69, 9.17) is 4.74 Å². The number of allylic oxidation sites excluding steroid dienone is 1. The average molecular weight is 739 g/mol. The number of amides is 1. The first-order valence-electron chi connectivity index (χ1n) is 21.4. The molecule has 6 fully saturated rings. The topological polar surface area (TPSA) is 116 Å². The van der Waals surface area contributed by atoms with Crippen molar-refractivity contribution in [2.75, 3.05) is 26.2 Å². The fourth-order valence-electron chi connectivity index (χ4n) is 14.9. The minimum Gasteiger partial charge on any atom is -0.481 e. The number of hydrogen-bond acceptors (Lipinski definition) is 6. The van der Waals surface area contributed by atoms with Gasteiger partial charge in [0.2, 0.25) is 5.91 Å². The van der Waals surface area contributed by atoms with Crippen LogP contribution in [0.15, 0.2) is 12.2 Å². The summed E-state index contributed by atoms with van der Waals surface area (Å²) in [6, 6.07) is 0.233. The van der Waals surface area contributed by atoms with E-state index >= 15 is 0 Å². The molecule has 1 heterocycles. The van der Waals surface area contributed by atoms with Gasteiger partial charge in [-0.2, -0.15) is 0 Å². The molecule has 10 atom stereocenters. The number of ether oxygens (including phenoxy) is 1. The summed E-state index contributed by atoms with van der Waals surface area (Å²) in [6.07, 6.45) is 13.8. The number of piperidine rings is 1. The van der Waals surface area contributed by atoms with E-state index in [-0.39, 0.29) is 70.5 Å². The number of aliphatic carboxylic acids is 1. The van der Waals surface area contributed by atoms with Crippen molar-refractivity contribution >= 4 is 17.8 Å². The maximum Gasteiger partial charge on any atom is 0.306 e. The minimum atomic E-state index is -0.884. The van der Waals surface area contributed by atoms with E-state index in [0.29, 0.717) is 36.0 Å². The van der Waals surface area contributed by atoms with Gasteiger partial charge in [-0.05, 0) is 141 Å². The second-order valence-corrected chi connectivity index (χ2v) is 21.4. The van der Waals surface area contributed by atoms with Gasteiger partial charge < -0.3 is 25.2 Å². The molecule has 0 bridgehead atoms. The fraction of sp³-hybridized carbons (Fsp3) is 0.889. The van der Waals surface area contributed by atoms with E-state index < -0.39 is 11.4 Å². The van der Waals surface area contributed by atoms with Gasteiger partial charge in [0.15, 0.2) is 0 Å². The Kier molecular flexibility index (Phi) is 11.2. The van der Waals surface area contributed by atoms with Gasteiger partial charge in [0.25, 0.3) is 0 Å². The molecule has 1 amide bonds. The molecule has 5 aliphatic carbocycles. The Bertz CT molecular complexity index is 1420. The molecule has 8 nitrogen and oxygen atoms in total. The van der Waals surface area contributed by atoms with Gasteiger partial charge in [-0.15, -0.1) is 0 Å². The molecule has 0 aromatic carbocycles. The number of hydrogen-bond donors (Lipinski definition) is 3. The fourth-order valence-corrected chi connectivity index (χ4v) is 14.9. The first-order valence-corrected chi connectivity index (χ1v) is 21.4. The van der Waals surface area contributed by atoms with Gasteiger partial charge >= 0.3 is 11.9 Å². The molecule has 0 radical (unpaired) electrons. The van der Waals surface area contributed by atoms with Gasteiger partial charge in [-0.25, -0.2) is 0 Å². The summed E-state index contributed by atoms with van der Waals surface area (Å²) in [5.74, 6) is 1.70. The van der Waals surface area contributed by atoms with Crippen LogP contribution in [0, 0.1) is 62.1 Å². The van der Waals surface area contributed by atoms with Gasteiger partial charge in [0.1, 0.15) is 6.10 Å². The zero-order chi connectivity index (χ0) is 38.8. The first-order chi connectivity index (χ1) is 24.7. The van der Waals surface area contributed by atoms with E-state index in [1.807, 2.05) is 13.8 Å². The maximum absolute atomic E-state index is 14.0. The number of nitrogens with zero attached hydrogens (tertiary/aromatic N) is 1. The molecule has 1 saturated heterocycles. The zero-order valence-electron chi connectivity index (χ0n) is 34.7. The number of aliphatic hydroxyl groups is 1. The Morgan fingerprint density at radius 3 is 2.19 bits per heavy atom. The SMILES string of the molecule is C=C(C)[C@@H]1CC[C@]2(CC(=O)NC3CCN(CCO)CC3)CC[C@]3(C)[C@H](CC[C@@H]4[C@@]5(C)CC[C@H](OC(=O)CC(C)(C)CC(=O)O)C(C)(C)[C@@H]5CC[C@]43C)[C@@H]12. The first kappa shape index (κ1) is 40.7. The maximum atomic E-state index is 14.0. The van der Waals surface area contributed by atoms with Crippen LogP contribution in [-0.4, -0.2) is 71.3 Å². The van der Waals surface area contributed by atoms with E-state index in [2.05, 4.69) is 58.3 Å². The number of fused-ring (bicyclic) bond motifs is 7. The minimum absolute atomic E-state index is 0.0444. The lowest BCUT2D eigenvalue weighted by Crippen LogP contribution is -2.67. The summed E-state index contributed by atoms with van der Waals surface area (Å²) < 4.78 is 6.29. The highest BCUT2D eigenvalue weighted by molar-refractivity contribution is 5.77. The number of esters is 1. The average Bonchev–Trinajstić information content (AvgIpc) is 3.42. The number of carboxylic acid groups (broad SMARTS) is 1. The predicted octanol–water partition coefficient (Wildman–Crippen LogP) is 8.41. The molecule has 5 saturated carbocycles. The van der Waals surface area contributed by atoms with Crippen molar-refractivity contribution in [3.8, 4) is 0 Å². The van der Waals surface area contributed by atoms with Crippen molar-refractivity contribution in [2.45, 2.75) is 164 Å². The van der Waals surface area contributed by atoms with Crippen LogP contribution in [0.25, 0.3) is 0 Å². The third-order valence-electron chi connectivity index (χ3n) is 17.6. The Morgan fingerprint density at radius 2 is 1.55 bits per heavy atom. The molecular weight excluding hydrogens is 665 g/mol. The third-order valence-corrected chi connectivity index (χ3v) is 17.6. The van der Waals surface area contributed by atoms with Crippen molar-refractivity contribution in [1.29, 1.82) is 0 Å². The second kappa shape index (κ2) is 14.5. The summed E-state index contributed by atoms with van der Waals surface area (Å²) in [6.45, 7) is 25.8. The van der Waals surface area contributed by atoms with Gasteiger partial charge in [0, 0.05) is 37.5 Å². The van der Waals surface area contributed by atoms with E-state index in [0.717, 1.165) is 71.0 Å². The number of aliphatic hydroxyl groups excluding tert-OH is 1. The smallest absolute Gasteiger partial charge is 0.306 e. The van der Waals surface area contributed by atoms with E-state index in [1.165, 1.54) is 31.3 Å². The lowest BCUT2D eigenvalue weighted by Gasteiger charge is -2.73. The third kappa shape index (κ3) is 7.17. The van der Waals surface area contributed by atoms with E-state index in [9.17, 15) is 24.6 Å². The summed E-state index contributed by atoms with van der Waals surface area (Å²) in [7, 11) is 0. The molecule has 53 heavy (non-hydrogen) atoms. The number of β-amino-alcohol motifs (C(OH)–C–C–N with tert-alkyl or cyclic N) is 1. The molecule has 6 aliphatic rings. The van der Waals surface area contributed by atoms with Crippen LogP contribution in [-0.2, 0) is 19.1 Å². The number of carbonyl (C=O) groups is 3. The van der Waals surface area contributed by atoms with Crippen LogP contribution >= 0.6 is 0 Å². The molecule has 1 aliphatic heterocycles. The van der Waals surface area contributed by atoms with Crippen LogP contribution in [0.4, 0.5) is 0 Å². The second-order valence-electron chi connectivity index (χ2n) is 21.4. The molecule has 0 spiro atoms. The van der Waals surface area contributed by atoms with Crippen molar-refractivity contribution in [3.63, 3.8) is 0 Å². The zero-order valence-corrected chi connectivity index (χ0v) is 34.7. The Labute approximate surface area is 321 Å². The number of nitrogens with one attached hydrogen (secondary N) is 1. The van der Waals surface area contributed by atoms with Crippen molar-refractivity contribution < 1.29 is 29.3 Å². The van der Waals surface area contributed by atoms with Crippen LogP contribution < -0.4 is 5.32 Å². The van der Waals surface area contributed by atoms with Crippen LogP contribution in [0.5, 0.6) is 0 Å². The Hall–Kier alpha value is -1.93. The summed E-state index contributed by atoms with van der Waals surface area (Å²) in [5.41, 5.74) is 1.08. The summed E-state index contributed by atoms with van der Waals surface area (Å²) in [4.78, 5) is 40.9. The standard InChI is InChI=1S/C45H74N2O6/c1-29(2)31-12-19-45(26-36(49)46-30-15-22-47(23-16-30)24-25-48)21-20-43(8)32(39(31)45)10-11-34-42(7)17-14-35(41(5,6)33(42)13-18-44(34,43)9)53-38(52)28-40(3,4)27-37(50)51/h30-35,39,48H,1,10-28H2,2-9H3,(H,46,49)(H,50,51)/t31-,32+,33-,34+,35-,39+,42-,43+,44+,45+/m0/s1. The van der Waals surface area contributed by atoms with Crippen molar-refractivity contribution in [3.05, 3.63) is 12.2 Å². The predicted molar refractivity (Wildman–Crippen MR) is 209 cm³/mol. The quantitative estimate of drug-likeness (QED) is 0.144. The van der Waals surface area contributed by atoms with Crippen molar-refractivity contribution in [1.82, 2.24) is 10.2 Å². The van der Waals surface area contributed by atoms with Crippen LogP contribution in [0.2, 0.25) is 0 Å². The molecule has 0 aromatic heterocycles. The number of carbonyl (C=O) groups excluding carboxylic acids is 2. The summed E-state index contributed by atoms with van der Waals surface area (Å²) >= 11 is 0. The lowest BCUT2D eigenvalue weighted by atomic mass is 9.32. The molecule has 0 unspecified atom stereocenters. The van der Waals surface area contributed by atoms with E-state index in [1.54, 1.807) is 0 Å². The molecular formula is C45H74N2O6. The number of rotatable bonds is 11. The van der Waals surface area contributed by atoms with Crippen LogP contribution in [0.3, 0.4) is 0 Å². The molecule has 3 N–H and O–H groups in total. The normalized spacial score (nSPS) is 41.3. The largest absolute Gasteiger partial charge is 0.481 e. The van der Waals surface area contributed by atoms with Crippen molar-refractivity contribution in [2.24, 2.45) is 62.1 Å². The van der Waals surface area contributed by atoms with Gasteiger partial charge in [-0.3, -0.25) is 14.4 Å². The van der Waals surface area contributed by atoms with Gasteiger partial charge in [0.05, 0.1) is 19.4 Å². The molecule has 6 rings (SSSR count). The Morgan fingerprint density at radius 1 is 0.849 bits per heavy atom. The highest BCUT2D eigenvalue weighted by Gasteiger charge is 2.71. The van der Waals surface area contributed by atoms with Gasteiger partial charge in [-0.1, -0.05) is 60.6 Å². The molecule has 300 valence electrons. The van der Waals surface area contributed by atoms with Crippen LogP contribution in [0.1, 0.15) is 152 Å². The number of likely N-dealkylation sites (tertiary alicyclic amines) is 1. The molecule has 8 heteroatoms. The Balaban J connectivity index is 1.19. The monoisotopic (exact) mass is 739 g/mol.